The number of alkyl halides is 3. The molecule has 7 N–H and O–H groups in total. The van der Waals surface area contributed by atoms with Gasteiger partial charge in [0.25, 0.3) is 0 Å². The Hall–Kier alpha value is -1.14. The number of carbonyl (C=O) groups excluding carboxylic acids is 1. The molecule has 1 amide bonds. The van der Waals surface area contributed by atoms with Crippen LogP contribution in [0.5, 0.6) is 0 Å². The highest BCUT2D eigenvalue weighted by molar-refractivity contribution is 5.81. The molecule has 2 aliphatic heterocycles. The predicted molar refractivity (Wildman–Crippen MR) is 108 cm³/mol. The lowest BCUT2D eigenvalue weighted by Crippen LogP contribution is -2.63. The fourth-order valence-corrected chi connectivity index (χ4v) is 3.80. The van der Waals surface area contributed by atoms with Gasteiger partial charge in [0.1, 0.15) is 36.6 Å². The van der Waals surface area contributed by atoms with E-state index in [2.05, 4.69) is 0 Å². The minimum atomic E-state index is -4.92. The minimum absolute atomic E-state index is 0.130. The van der Waals surface area contributed by atoms with Crippen LogP contribution < -0.4 is 5.32 Å². The lowest BCUT2D eigenvalue weighted by Gasteiger charge is -2.46. The molecule has 0 aliphatic carbocycles. The highest BCUT2D eigenvalue weighted by Crippen LogP contribution is 2.32. The van der Waals surface area contributed by atoms with Crippen molar-refractivity contribution in [2.45, 2.75) is 87.7 Å². The fourth-order valence-electron chi connectivity index (χ4n) is 3.80. The van der Waals surface area contributed by atoms with E-state index in [4.69, 9.17) is 18.9 Å². The summed E-state index contributed by atoms with van der Waals surface area (Å²) >= 11 is 0. The van der Waals surface area contributed by atoms with Gasteiger partial charge in [-0.05, 0) is 19.3 Å². The molecule has 0 spiro atoms. The molecule has 0 aromatic carbocycles. The number of ether oxygens (including phenoxy) is 4. The number of nitrogens with one attached hydrogen (secondary N) is 1. The highest BCUT2D eigenvalue weighted by Gasteiger charge is 2.49. The number of halogens is 3. The maximum atomic E-state index is 12.1. The van der Waals surface area contributed by atoms with Crippen LogP contribution in [0.2, 0.25) is 0 Å². The van der Waals surface area contributed by atoms with Crippen molar-refractivity contribution in [2.24, 2.45) is 5.92 Å². The molecule has 2 aliphatic rings. The molecule has 2 saturated heterocycles. The molecule has 10 atom stereocenters. The van der Waals surface area contributed by atoms with Crippen LogP contribution in [-0.2, 0) is 23.7 Å². The summed E-state index contributed by atoms with van der Waals surface area (Å²) in [6, 6.07) is 0. The molecule has 0 aromatic heterocycles. The van der Waals surface area contributed by atoms with Crippen molar-refractivity contribution in [2.75, 3.05) is 26.4 Å². The molecule has 0 saturated carbocycles. The van der Waals surface area contributed by atoms with Crippen molar-refractivity contribution < 1.29 is 67.6 Å². The van der Waals surface area contributed by atoms with E-state index < -0.39 is 86.5 Å². The van der Waals surface area contributed by atoms with Crippen LogP contribution >= 0.6 is 0 Å². The molecule has 15 heteroatoms. The van der Waals surface area contributed by atoms with Crippen molar-refractivity contribution in [1.29, 1.82) is 0 Å². The molecule has 0 bridgehead atoms. The van der Waals surface area contributed by atoms with Crippen molar-refractivity contribution in [3.63, 3.8) is 0 Å². The first-order valence-corrected chi connectivity index (χ1v) is 11.3. The van der Waals surface area contributed by atoms with Gasteiger partial charge in [0, 0.05) is 19.1 Å². The number of hydrogen-bond acceptors (Lipinski definition) is 11. The molecule has 0 aromatic rings. The number of aliphatic hydroxyl groups excluding tert-OH is 6. The summed E-state index contributed by atoms with van der Waals surface area (Å²) in [7, 11) is 0. The molecule has 2 fully saturated rings. The first-order chi connectivity index (χ1) is 16.4. The summed E-state index contributed by atoms with van der Waals surface area (Å²) in [5.74, 6) is -2.68. The Morgan fingerprint density at radius 2 is 1.51 bits per heavy atom. The van der Waals surface area contributed by atoms with E-state index in [-0.39, 0.29) is 13.2 Å². The Morgan fingerprint density at radius 3 is 2.11 bits per heavy atom. The van der Waals surface area contributed by atoms with Crippen LogP contribution in [0.3, 0.4) is 0 Å². The average molecular weight is 521 g/mol. The van der Waals surface area contributed by atoms with E-state index in [1.807, 2.05) is 0 Å². The number of carbonyl (C=O) groups is 1. The summed E-state index contributed by atoms with van der Waals surface area (Å²) in [5, 5.41) is 61.5. The Labute approximate surface area is 199 Å². The molecular weight excluding hydrogens is 487 g/mol. The summed E-state index contributed by atoms with van der Waals surface area (Å²) in [6.07, 6.45) is -16.0. The monoisotopic (exact) mass is 521 g/mol. The third-order valence-corrected chi connectivity index (χ3v) is 5.95. The lowest BCUT2D eigenvalue weighted by molar-refractivity contribution is -0.353. The number of unbranched alkanes of at least 4 members (excludes halogenated alkanes) is 2. The van der Waals surface area contributed by atoms with Crippen molar-refractivity contribution in [3.05, 3.63) is 0 Å². The number of aliphatic hydroxyl groups is 6. The number of rotatable bonds is 11. The first-order valence-electron chi connectivity index (χ1n) is 11.3. The van der Waals surface area contributed by atoms with Crippen molar-refractivity contribution in [1.82, 2.24) is 5.32 Å². The maximum Gasteiger partial charge on any atom is 0.471 e. The zero-order valence-electron chi connectivity index (χ0n) is 19.1. The molecule has 2 rings (SSSR count). The van der Waals surface area contributed by atoms with Gasteiger partial charge < -0.3 is 54.9 Å². The van der Waals surface area contributed by atoms with E-state index >= 15 is 0 Å². The first kappa shape index (κ1) is 30.1. The zero-order valence-corrected chi connectivity index (χ0v) is 19.1. The third kappa shape index (κ3) is 7.92. The quantitative estimate of drug-likeness (QED) is 0.146. The van der Waals surface area contributed by atoms with Crippen LogP contribution in [0.1, 0.15) is 26.2 Å². The molecule has 35 heavy (non-hydrogen) atoms. The maximum absolute atomic E-state index is 12.1. The van der Waals surface area contributed by atoms with Gasteiger partial charge in [-0.1, -0.05) is 6.92 Å². The molecule has 2 heterocycles. The zero-order chi connectivity index (χ0) is 26.3. The normalized spacial score (nSPS) is 38.3. The molecule has 12 nitrogen and oxygen atoms in total. The van der Waals surface area contributed by atoms with Gasteiger partial charge in [-0.25, -0.2) is 0 Å². The second-order valence-corrected chi connectivity index (χ2v) is 8.56. The van der Waals surface area contributed by atoms with E-state index in [9.17, 15) is 48.6 Å². The van der Waals surface area contributed by atoms with Gasteiger partial charge in [0.05, 0.1) is 19.3 Å². The van der Waals surface area contributed by atoms with E-state index in [0.717, 1.165) is 0 Å². The van der Waals surface area contributed by atoms with Crippen LogP contribution in [0.15, 0.2) is 0 Å². The number of amides is 1. The van der Waals surface area contributed by atoms with Crippen molar-refractivity contribution >= 4 is 5.91 Å². The van der Waals surface area contributed by atoms with E-state index in [0.29, 0.717) is 19.3 Å². The summed E-state index contributed by atoms with van der Waals surface area (Å²) in [6.45, 7) is 0.297. The van der Waals surface area contributed by atoms with Crippen LogP contribution in [0.4, 0.5) is 13.2 Å². The second-order valence-electron chi connectivity index (χ2n) is 8.56. The molecule has 4 unspecified atom stereocenters. The summed E-state index contributed by atoms with van der Waals surface area (Å²) < 4.78 is 58.5. The summed E-state index contributed by atoms with van der Waals surface area (Å²) in [4.78, 5) is 10.7. The minimum Gasteiger partial charge on any atom is -0.394 e. The van der Waals surface area contributed by atoms with Gasteiger partial charge in [0.2, 0.25) is 0 Å². The molecule has 0 radical (unpaired) electrons. The Kier molecular flexibility index (Phi) is 11.5. The predicted octanol–water partition coefficient (Wildman–Crippen LogP) is -2.25. The van der Waals surface area contributed by atoms with Gasteiger partial charge in [0.15, 0.2) is 12.6 Å². The van der Waals surface area contributed by atoms with Crippen LogP contribution in [-0.4, -0.2) is 124 Å². The van der Waals surface area contributed by atoms with E-state index in [1.54, 1.807) is 12.2 Å². The van der Waals surface area contributed by atoms with Crippen LogP contribution in [0, 0.1) is 5.92 Å². The highest BCUT2D eigenvalue weighted by atomic mass is 19.4. The fraction of sp³-hybridized carbons (Fsp3) is 0.950. The average Bonchev–Trinajstić information content (AvgIpc) is 2.81. The Bertz CT molecular complexity index is 654. The second kappa shape index (κ2) is 13.4. The number of hydrogen-bond donors (Lipinski definition) is 7. The summed E-state index contributed by atoms with van der Waals surface area (Å²) in [5.41, 5.74) is 0. The SMILES string of the molecule is CC1[C@H](OCCCCCNC(=O)C(F)(F)F)OC(CO)[C@H](O[C@@H]2OC(CO)[C@H](O)[C@H](O)C2O)[C@@H]1O. The standard InChI is InChI=1S/C20H34F3NO11/c1-9-12(27)16(35-18-15(30)14(29)13(28)10(7-25)33-18)11(8-26)34-17(9)32-6-4-2-3-5-24-19(31)20(21,22)23/h9-18,25-30H,2-8H2,1H3,(H,24,31)/t9?,10?,11?,12-,13+,14+,15?,16+,17-,18+/m1/s1. The van der Waals surface area contributed by atoms with E-state index in [1.165, 1.54) is 0 Å². The van der Waals surface area contributed by atoms with Gasteiger partial charge >= 0.3 is 12.1 Å². The largest absolute Gasteiger partial charge is 0.471 e. The topological polar surface area (TPSA) is 187 Å². The smallest absolute Gasteiger partial charge is 0.394 e. The van der Waals surface area contributed by atoms with Crippen LogP contribution in [0.25, 0.3) is 0 Å². The van der Waals surface area contributed by atoms with Gasteiger partial charge in [-0.3, -0.25) is 4.79 Å². The molecular formula is C20H34F3NO11. The molecule has 206 valence electrons. The Morgan fingerprint density at radius 1 is 0.886 bits per heavy atom. The Balaban J connectivity index is 1.82. The van der Waals surface area contributed by atoms with Crippen molar-refractivity contribution in [3.8, 4) is 0 Å². The lowest BCUT2D eigenvalue weighted by atomic mass is 9.92. The third-order valence-electron chi connectivity index (χ3n) is 5.95. The van der Waals surface area contributed by atoms with Gasteiger partial charge in [-0.2, -0.15) is 13.2 Å². The van der Waals surface area contributed by atoms with Gasteiger partial charge in [-0.15, -0.1) is 0 Å².